The van der Waals surface area contributed by atoms with Gasteiger partial charge in [-0.1, -0.05) is 37.3 Å². The summed E-state index contributed by atoms with van der Waals surface area (Å²) in [6, 6.07) is 9.78. The molecule has 2 atom stereocenters. The van der Waals surface area contributed by atoms with E-state index in [4.69, 9.17) is 0 Å². The molecule has 4 nitrogen and oxygen atoms in total. The van der Waals surface area contributed by atoms with E-state index in [9.17, 15) is 8.42 Å². The maximum Gasteiger partial charge on any atom is 0.212 e. The molecule has 1 aliphatic rings. The summed E-state index contributed by atoms with van der Waals surface area (Å²) in [5.41, 5.74) is 1.07. The molecule has 2 unspecified atom stereocenters. The molecular formula is C15H24N2O2S. The van der Waals surface area contributed by atoms with Gasteiger partial charge in [0.25, 0.3) is 0 Å². The molecule has 1 aromatic carbocycles. The van der Waals surface area contributed by atoms with Crippen LogP contribution in [0, 0.1) is 5.92 Å². The van der Waals surface area contributed by atoms with Crippen molar-refractivity contribution in [3.05, 3.63) is 35.9 Å². The first-order valence-corrected chi connectivity index (χ1v) is 8.95. The molecule has 1 heterocycles. The molecule has 112 valence electrons. The highest BCUT2D eigenvalue weighted by molar-refractivity contribution is 7.89. The highest BCUT2D eigenvalue weighted by Crippen LogP contribution is 2.16. The number of nitrogens with one attached hydrogen (secondary N) is 2. The number of hydrogen-bond donors (Lipinski definition) is 2. The molecule has 2 rings (SSSR count). The van der Waals surface area contributed by atoms with Gasteiger partial charge in [-0.15, -0.1) is 0 Å². The van der Waals surface area contributed by atoms with E-state index in [-0.39, 0.29) is 11.7 Å². The highest BCUT2D eigenvalue weighted by Gasteiger charge is 2.18. The predicted molar refractivity (Wildman–Crippen MR) is 82.2 cm³/mol. The molecule has 1 aromatic rings. The topological polar surface area (TPSA) is 58.2 Å². The van der Waals surface area contributed by atoms with E-state index in [0.29, 0.717) is 12.5 Å². The lowest BCUT2D eigenvalue weighted by atomic mass is 10.0. The predicted octanol–water partition coefficient (Wildman–Crippen LogP) is 1.71. The average Bonchev–Trinajstić information content (AvgIpc) is 2.92. The van der Waals surface area contributed by atoms with Crippen LogP contribution in [-0.2, 0) is 10.0 Å². The molecule has 0 spiro atoms. The van der Waals surface area contributed by atoms with Crippen molar-refractivity contribution in [3.8, 4) is 0 Å². The van der Waals surface area contributed by atoms with Gasteiger partial charge in [-0.3, -0.25) is 0 Å². The van der Waals surface area contributed by atoms with Crippen molar-refractivity contribution in [2.75, 3.05) is 25.4 Å². The van der Waals surface area contributed by atoms with E-state index >= 15 is 0 Å². The fourth-order valence-electron chi connectivity index (χ4n) is 2.65. The summed E-state index contributed by atoms with van der Waals surface area (Å²) < 4.78 is 26.9. The Morgan fingerprint density at radius 2 is 2.10 bits per heavy atom. The maximum atomic E-state index is 12.1. The Hall–Kier alpha value is -0.910. The molecule has 0 radical (unpaired) electrons. The average molecular weight is 296 g/mol. The summed E-state index contributed by atoms with van der Waals surface area (Å²) in [7, 11) is -3.19. The number of rotatable bonds is 7. The summed E-state index contributed by atoms with van der Waals surface area (Å²) in [4.78, 5) is 0. The van der Waals surface area contributed by atoms with Crippen molar-refractivity contribution in [1.29, 1.82) is 0 Å². The second-order valence-corrected chi connectivity index (χ2v) is 7.49. The SMILES string of the molecule is CC(CS(=O)(=O)NCCC1CCNC1)c1ccccc1. The van der Waals surface area contributed by atoms with E-state index in [1.807, 2.05) is 37.3 Å². The third-order valence-electron chi connectivity index (χ3n) is 3.87. The molecule has 5 heteroatoms. The first-order chi connectivity index (χ1) is 9.57. The smallest absolute Gasteiger partial charge is 0.212 e. The first-order valence-electron chi connectivity index (χ1n) is 7.30. The Bertz CT molecular complexity index is 496. The molecular weight excluding hydrogens is 272 g/mol. The zero-order chi connectivity index (χ0) is 14.4. The van der Waals surface area contributed by atoms with Gasteiger partial charge in [0.05, 0.1) is 5.75 Å². The van der Waals surface area contributed by atoms with Gasteiger partial charge in [0.15, 0.2) is 0 Å². The standard InChI is InChI=1S/C15H24N2O2S/c1-13(15-5-3-2-4-6-15)12-20(18,19)17-10-8-14-7-9-16-11-14/h2-6,13-14,16-17H,7-12H2,1H3. The molecule has 2 N–H and O–H groups in total. The quantitative estimate of drug-likeness (QED) is 0.805. The van der Waals surface area contributed by atoms with E-state index in [0.717, 1.165) is 31.5 Å². The van der Waals surface area contributed by atoms with Gasteiger partial charge in [-0.05, 0) is 43.3 Å². The molecule has 1 saturated heterocycles. The van der Waals surface area contributed by atoms with Crippen LogP contribution < -0.4 is 10.0 Å². The van der Waals surface area contributed by atoms with Gasteiger partial charge >= 0.3 is 0 Å². The summed E-state index contributed by atoms with van der Waals surface area (Å²) >= 11 is 0. The van der Waals surface area contributed by atoms with Crippen LogP contribution in [0.25, 0.3) is 0 Å². The third-order valence-corrected chi connectivity index (χ3v) is 5.46. The fraction of sp³-hybridized carbons (Fsp3) is 0.600. The summed E-state index contributed by atoms with van der Waals surface area (Å²) in [6.07, 6.45) is 2.08. The monoisotopic (exact) mass is 296 g/mol. The Labute approximate surface area is 122 Å². The number of sulfonamides is 1. The molecule has 0 saturated carbocycles. The minimum Gasteiger partial charge on any atom is -0.316 e. The molecule has 0 aliphatic carbocycles. The zero-order valence-electron chi connectivity index (χ0n) is 12.0. The molecule has 1 fully saturated rings. The van der Waals surface area contributed by atoms with Crippen molar-refractivity contribution in [2.45, 2.75) is 25.7 Å². The fourth-order valence-corrected chi connectivity index (χ4v) is 4.04. The minimum absolute atomic E-state index is 0.0156. The second kappa shape index (κ2) is 7.20. The zero-order valence-corrected chi connectivity index (χ0v) is 12.8. The largest absolute Gasteiger partial charge is 0.316 e. The van der Waals surface area contributed by atoms with Crippen LogP contribution in [0.2, 0.25) is 0 Å². The second-order valence-electron chi connectivity index (χ2n) is 5.63. The lowest BCUT2D eigenvalue weighted by Gasteiger charge is -2.14. The lowest BCUT2D eigenvalue weighted by molar-refractivity contribution is 0.518. The van der Waals surface area contributed by atoms with Crippen LogP contribution in [0.1, 0.15) is 31.2 Å². The van der Waals surface area contributed by atoms with Crippen LogP contribution in [0.4, 0.5) is 0 Å². The van der Waals surface area contributed by atoms with E-state index in [1.54, 1.807) is 0 Å². The van der Waals surface area contributed by atoms with Crippen LogP contribution >= 0.6 is 0 Å². The van der Waals surface area contributed by atoms with E-state index < -0.39 is 10.0 Å². The highest BCUT2D eigenvalue weighted by atomic mass is 32.2. The summed E-state index contributed by atoms with van der Waals surface area (Å²) in [5.74, 6) is 0.783. The first kappa shape index (κ1) is 15.5. The van der Waals surface area contributed by atoms with Crippen LogP contribution in [0.3, 0.4) is 0 Å². The number of hydrogen-bond acceptors (Lipinski definition) is 3. The van der Waals surface area contributed by atoms with E-state index in [2.05, 4.69) is 10.0 Å². The molecule has 0 aromatic heterocycles. The van der Waals surface area contributed by atoms with Crippen molar-refractivity contribution in [1.82, 2.24) is 10.0 Å². The van der Waals surface area contributed by atoms with Crippen LogP contribution in [-0.4, -0.2) is 33.8 Å². The summed E-state index contributed by atoms with van der Waals surface area (Å²) in [5, 5.41) is 3.30. The molecule has 0 bridgehead atoms. The van der Waals surface area contributed by atoms with Gasteiger partial charge in [-0.2, -0.15) is 0 Å². The minimum atomic E-state index is -3.19. The normalized spacial score (nSPS) is 20.9. The Balaban J connectivity index is 1.78. The molecule has 0 amide bonds. The third kappa shape index (κ3) is 4.89. The Kier molecular flexibility index (Phi) is 5.57. The van der Waals surface area contributed by atoms with Crippen LogP contribution in [0.15, 0.2) is 30.3 Å². The van der Waals surface area contributed by atoms with E-state index in [1.165, 1.54) is 0 Å². The maximum absolute atomic E-state index is 12.1. The Morgan fingerprint density at radius 3 is 2.75 bits per heavy atom. The van der Waals surface area contributed by atoms with Crippen molar-refractivity contribution >= 4 is 10.0 Å². The van der Waals surface area contributed by atoms with Crippen molar-refractivity contribution < 1.29 is 8.42 Å². The Morgan fingerprint density at radius 1 is 1.35 bits per heavy atom. The molecule has 20 heavy (non-hydrogen) atoms. The van der Waals surface area contributed by atoms with Crippen LogP contribution in [0.5, 0.6) is 0 Å². The lowest BCUT2D eigenvalue weighted by Crippen LogP contribution is -2.30. The van der Waals surface area contributed by atoms with Crippen molar-refractivity contribution in [2.24, 2.45) is 5.92 Å². The van der Waals surface area contributed by atoms with Gasteiger partial charge in [0, 0.05) is 6.54 Å². The summed E-state index contributed by atoms with van der Waals surface area (Å²) in [6.45, 7) is 4.58. The van der Waals surface area contributed by atoms with Crippen molar-refractivity contribution in [3.63, 3.8) is 0 Å². The van der Waals surface area contributed by atoms with Gasteiger partial charge in [0.1, 0.15) is 0 Å². The number of benzene rings is 1. The van der Waals surface area contributed by atoms with Gasteiger partial charge < -0.3 is 5.32 Å². The van der Waals surface area contributed by atoms with Gasteiger partial charge in [0.2, 0.25) is 10.0 Å². The van der Waals surface area contributed by atoms with Gasteiger partial charge in [-0.25, -0.2) is 13.1 Å². The molecule has 1 aliphatic heterocycles.